The lowest BCUT2D eigenvalue weighted by Crippen LogP contribution is -2.11. The molecule has 1 aromatic carbocycles. The second-order valence-electron chi connectivity index (χ2n) is 3.57. The van der Waals surface area contributed by atoms with Crippen molar-refractivity contribution >= 4 is 11.6 Å². The van der Waals surface area contributed by atoms with Gasteiger partial charge in [0.05, 0.1) is 0 Å². The second-order valence-corrected chi connectivity index (χ2v) is 3.94. The van der Waals surface area contributed by atoms with Gasteiger partial charge >= 0.3 is 0 Å². The molecule has 4 heteroatoms. The summed E-state index contributed by atoms with van der Waals surface area (Å²) in [6.45, 7) is 5.56. The molecular formula is C11H13ClFNO. The molecule has 2 nitrogen and oxygen atoms in total. The maximum atomic E-state index is 12.9. The monoisotopic (exact) mass is 229 g/mol. The van der Waals surface area contributed by atoms with Crippen LogP contribution >= 0.6 is 11.6 Å². The zero-order chi connectivity index (χ0) is 11.6. The van der Waals surface area contributed by atoms with Gasteiger partial charge in [0.25, 0.3) is 0 Å². The first-order valence-corrected chi connectivity index (χ1v) is 4.88. The molecule has 1 rings (SSSR count). The summed E-state index contributed by atoms with van der Waals surface area (Å²) in [5.74, 6) is -0.939. The van der Waals surface area contributed by atoms with Crippen molar-refractivity contribution in [3.05, 3.63) is 40.7 Å². The van der Waals surface area contributed by atoms with E-state index in [4.69, 9.17) is 17.3 Å². The fraction of sp³-hybridized carbons (Fsp3) is 0.273. The van der Waals surface area contributed by atoms with Gasteiger partial charge in [0, 0.05) is 11.6 Å². The molecule has 0 aliphatic heterocycles. The highest BCUT2D eigenvalue weighted by Crippen LogP contribution is 2.34. The number of phenolic OH excluding ortho intramolecular Hbond substituents is 1. The van der Waals surface area contributed by atoms with Crippen LogP contribution in [0.4, 0.5) is 4.39 Å². The minimum Gasteiger partial charge on any atom is -0.506 e. The molecular weight excluding hydrogens is 217 g/mol. The van der Waals surface area contributed by atoms with Crippen molar-refractivity contribution in [3.63, 3.8) is 0 Å². The number of aromatic hydroxyl groups is 1. The van der Waals surface area contributed by atoms with Crippen LogP contribution in [0.5, 0.6) is 5.75 Å². The minimum atomic E-state index is -0.652. The standard InChI is InChI=1S/C11H13ClFNO/c1-6(2)5-9(14)7-3-4-8(13)10(12)11(7)15/h3-4,9,15H,1,5,14H2,2H3/t9-/m0/s1. The van der Waals surface area contributed by atoms with Gasteiger partial charge in [0.1, 0.15) is 16.6 Å². The fourth-order valence-corrected chi connectivity index (χ4v) is 1.51. The van der Waals surface area contributed by atoms with Crippen LogP contribution in [0.2, 0.25) is 5.02 Å². The van der Waals surface area contributed by atoms with Crippen molar-refractivity contribution in [1.29, 1.82) is 0 Å². The van der Waals surface area contributed by atoms with Crippen LogP contribution in [-0.2, 0) is 0 Å². The van der Waals surface area contributed by atoms with E-state index in [9.17, 15) is 9.50 Å². The number of benzene rings is 1. The van der Waals surface area contributed by atoms with Gasteiger partial charge in [-0.15, -0.1) is 6.58 Å². The first kappa shape index (κ1) is 12.0. The highest BCUT2D eigenvalue weighted by molar-refractivity contribution is 6.32. The zero-order valence-corrected chi connectivity index (χ0v) is 9.18. The molecule has 3 N–H and O–H groups in total. The van der Waals surface area contributed by atoms with Crippen molar-refractivity contribution < 1.29 is 9.50 Å². The van der Waals surface area contributed by atoms with Crippen molar-refractivity contribution in [3.8, 4) is 5.75 Å². The van der Waals surface area contributed by atoms with E-state index in [1.807, 2.05) is 6.92 Å². The highest BCUT2D eigenvalue weighted by atomic mass is 35.5. The zero-order valence-electron chi connectivity index (χ0n) is 8.43. The summed E-state index contributed by atoms with van der Waals surface area (Å²) in [7, 11) is 0. The Morgan fingerprint density at radius 3 is 2.80 bits per heavy atom. The minimum absolute atomic E-state index is 0.287. The molecule has 0 aromatic heterocycles. The van der Waals surface area contributed by atoms with Crippen LogP contribution in [0.1, 0.15) is 24.9 Å². The number of hydrogen-bond donors (Lipinski definition) is 2. The predicted molar refractivity (Wildman–Crippen MR) is 59.4 cm³/mol. The molecule has 0 fully saturated rings. The van der Waals surface area contributed by atoms with Crippen LogP contribution in [-0.4, -0.2) is 5.11 Å². The van der Waals surface area contributed by atoms with Crippen molar-refractivity contribution in [2.75, 3.05) is 0 Å². The van der Waals surface area contributed by atoms with Gasteiger partial charge < -0.3 is 10.8 Å². The average Bonchev–Trinajstić information content (AvgIpc) is 2.13. The molecule has 0 amide bonds. The van der Waals surface area contributed by atoms with Gasteiger partial charge in [-0.05, 0) is 19.4 Å². The van der Waals surface area contributed by atoms with Crippen molar-refractivity contribution in [2.24, 2.45) is 5.73 Å². The summed E-state index contributed by atoms with van der Waals surface area (Å²) in [6, 6.07) is 2.21. The number of phenols is 1. The van der Waals surface area contributed by atoms with Crippen LogP contribution in [0.25, 0.3) is 0 Å². The van der Waals surface area contributed by atoms with Crippen LogP contribution < -0.4 is 5.73 Å². The van der Waals surface area contributed by atoms with E-state index < -0.39 is 11.9 Å². The molecule has 0 spiro atoms. The molecule has 0 bridgehead atoms. The molecule has 0 saturated carbocycles. The second kappa shape index (κ2) is 4.64. The Bertz CT molecular complexity index is 392. The third-order valence-corrected chi connectivity index (χ3v) is 2.43. The van der Waals surface area contributed by atoms with E-state index in [1.54, 1.807) is 0 Å². The fourth-order valence-electron chi connectivity index (χ4n) is 1.34. The number of hydrogen-bond acceptors (Lipinski definition) is 2. The lowest BCUT2D eigenvalue weighted by atomic mass is 10.0. The summed E-state index contributed by atoms with van der Waals surface area (Å²) < 4.78 is 12.9. The van der Waals surface area contributed by atoms with Gasteiger partial charge in [-0.3, -0.25) is 0 Å². The topological polar surface area (TPSA) is 46.2 Å². The smallest absolute Gasteiger partial charge is 0.145 e. The van der Waals surface area contributed by atoms with E-state index in [1.165, 1.54) is 12.1 Å². The Labute approximate surface area is 93.2 Å². The molecule has 1 atom stereocenters. The first-order valence-electron chi connectivity index (χ1n) is 4.50. The van der Waals surface area contributed by atoms with E-state index in [0.29, 0.717) is 12.0 Å². The maximum absolute atomic E-state index is 12.9. The van der Waals surface area contributed by atoms with E-state index in [-0.39, 0.29) is 10.8 Å². The third-order valence-electron chi connectivity index (χ3n) is 2.07. The Hall–Kier alpha value is -1.06. The SMILES string of the molecule is C=C(C)C[C@H](N)c1ccc(F)c(Cl)c1O. The average molecular weight is 230 g/mol. The number of nitrogens with two attached hydrogens (primary N) is 1. The van der Waals surface area contributed by atoms with Gasteiger partial charge in [-0.25, -0.2) is 4.39 Å². The van der Waals surface area contributed by atoms with E-state index >= 15 is 0 Å². The van der Waals surface area contributed by atoms with Gasteiger partial charge in [-0.1, -0.05) is 23.2 Å². The van der Waals surface area contributed by atoms with Gasteiger partial charge in [-0.2, -0.15) is 0 Å². The van der Waals surface area contributed by atoms with Crippen LogP contribution in [0.3, 0.4) is 0 Å². The number of halogens is 2. The molecule has 15 heavy (non-hydrogen) atoms. The Balaban J connectivity index is 3.05. The van der Waals surface area contributed by atoms with Crippen LogP contribution in [0.15, 0.2) is 24.3 Å². The summed E-state index contributed by atoms with van der Waals surface area (Å²) in [4.78, 5) is 0. The van der Waals surface area contributed by atoms with Gasteiger partial charge in [0.2, 0.25) is 0 Å². The molecule has 0 unspecified atom stereocenters. The Kier molecular flexibility index (Phi) is 3.72. The molecule has 0 aliphatic carbocycles. The molecule has 0 radical (unpaired) electrons. The number of rotatable bonds is 3. The van der Waals surface area contributed by atoms with Crippen molar-refractivity contribution in [1.82, 2.24) is 0 Å². The summed E-state index contributed by atoms with van der Waals surface area (Å²) >= 11 is 5.56. The summed E-state index contributed by atoms with van der Waals surface area (Å²) in [6.07, 6.45) is 0.523. The highest BCUT2D eigenvalue weighted by Gasteiger charge is 2.16. The molecule has 1 aromatic rings. The molecule has 82 valence electrons. The Morgan fingerprint density at radius 1 is 1.67 bits per heavy atom. The van der Waals surface area contributed by atoms with Gasteiger partial charge in [0.15, 0.2) is 0 Å². The molecule has 0 saturated heterocycles. The van der Waals surface area contributed by atoms with E-state index in [0.717, 1.165) is 5.57 Å². The molecule has 0 heterocycles. The predicted octanol–water partition coefficient (Wildman–Crippen LogP) is 3.15. The third kappa shape index (κ3) is 2.70. The summed E-state index contributed by atoms with van der Waals surface area (Å²) in [5.41, 5.74) is 7.14. The van der Waals surface area contributed by atoms with E-state index in [2.05, 4.69) is 6.58 Å². The lowest BCUT2D eigenvalue weighted by Gasteiger charge is -2.14. The maximum Gasteiger partial charge on any atom is 0.145 e. The summed E-state index contributed by atoms with van der Waals surface area (Å²) in [5, 5.41) is 9.29. The quantitative estimate of drug-likeness (QED) is 0.783. The molecule has 0 aliphatic rings. The van der Waals surface area contributed by atoms with Crippen molar-refractivity contribution in [2.45, 2.75) is 19.4 Å². The first-order chi connectivity index (χ1) is 6.93. The largest absolute Gasteiger partial charge is 0.506 e. The van der Waals surface area contributed by atoms with Crippen LogP contribution in [0, 0.1) is 5.82 Å². The lowest BCUT2D eigenvalue weighted by molar-refractivity contribution is 0.455. The Morgan fingerprint density at radius 2 is 2.27 bits per heavy atom. The normalized spacial score (nSPS) is 12.5.